The average molecular weight is 214 g/mol. The molecule has 0 saturated carbocycles. The molecule has 0 N–H and O–H groups in total. The van der Waals surface area contributed by atoms with Gasteiger partial charge in [0.2, 0.25) is 0 Å². The highest BCUT2D eigenvalue weighted by atomic mass is 13.9. The van der Waals surface area contributed by atoms with E-state index < -0.39 is 0 Å². The molecule has 0 bridgehead atoms. The Morgan fingerprint density at radius 2 is 1.88 bits per heavy atom. The van der Waals surface area contributed by atoms with Crippen molar-refractivity contribution in [2.75, 3.05) is 0 Å². The van der Waals surface area contributed by atoms with Crippen molar-refractivity contribution in [3.63, 3.8) is 0 Å². The molecule has 0 amide bonds. The van der Waals surface area contributed by atoms with E-state index >= 15 is 0 Å². The first-order valence-electron chi connectivity index (χ1n) is 6.38. The fourth-order valence-corrected chi connectivity index (χ4v) is 1.70. The topological polar surface area (TPSA) is 0 Å². The Morgan fingerprint density at radius 3 is 2.62 bits per heavy atom. The van der Waals surface area contributed by atoms with Gasteiger partial charge in [0.05, 0.1) is 0 Å². The molecule has 0 aliphatic heterocycles. The molecule has 0 radical (unpaired) electrons. The van der Waals surface area contributed by atoms with Crippen molar-refractivity contribution in [2.24, 2.45) is 0 Å². The highest BCUT2D eigenvalue weighted by molar-refractivity contribution is 5.36. The van der Waals surface area contributed by atoms with Gasteiger partial charge in [0.15, 0.2) is 0 Å². The first-order valence-corrected chi connectivity index (χ1v) is 6.38. The summed E-state index contributed by atoms with van der Waals surface area (Å²) in [4.78, 5) is 0. The van der Waals surface area contributed by atoms with Gasteiger partial charge in [-0.2, -0.15) is 0 Å². The molecule has 86 valence electrons. The summed E-state index contributed by atoms with van der Waals surface area (Å²) >= 11 is 0. The Kier molecular flexibility index (Phi) is 6.42. The Bertz CT molecular complexity index is 352. The molecule has 0 unspecified atom stereocenters. The summed E-state index contributed by atoms with van der Waals surface area (Å²) in [7, 11) is 0. The largest absolute Gasteiger partial charge is 0.0979 e. The van der Waals surface area contributed by atoms with Crippen molar-refractivity contribution >= 4 is 0 Å². The van der Waals surface area contributed by atoms with Crippen LogP contribution in [0.1, 0.15) is 56.6 Å². The summed E-state index contributed by atoms with van der Waals surface area (Å²) in [6.07, 6.45) is 7.66. The molecule has 0 aliphatic carbocycles. The Labute approximate surface area is 100 Å². The molecule has 0 nitrogen and oxygen atoms in total. The van der Waals surface area contributed by atoms with Crippen LogP contribution in [0.3, 0.4) is 0 Å². The van der Waals surface area contributed by atoms with Gasteiger partial charge in [0.25, 0.3) is 0 Å². The first kappa shape index (κ1) is 12.8. The van der Waals surface area contributed by atoms with Gasteiger partial charge in [-0.3, -0.25) is 0 Å². The highest BCUT2D eigenvalue weighted by Gasteiger charge is 1.88. The van der Waals surface area contributed by atoms with Gasteiger partial charge in [-0.15, -0.1) is 0 Å². The van der Waals surface area contributed by atoms with Gasteiger partial charge in [-0.1, -0.05) is 56.6 Å². The second kappa shape index (κ2) is 7.99. The molecule has 16 heavy (non-hydrogen) atoms. The molecular weight excluding hydrogens is 192 g/mol. The Balaban J connectivity index is 2.22. The van der Waals surface area contributed by atoms with Gasteiger partial charge in [0, 0.05) is 12.0 Å². The normalized spacial score (nSPS) is 9.62. The lowest BCUT2D eigenvalue weighted by molar-refractivity contribution is 0.641. The second-order valence-corrected chi connectivity index (χ2v) is 4.34. The molecular formula is C16H22. The minimum Gasteiger partial charge on any atom is -0.0979 e. The number of hydrogen-bond acceptors (Lipinski definition) is 0. The molecule has 0 fully saturated rings. The molecule has 1 aromatic carbocycles. The third kappa shape index (κ3) is 5.61. The molecule has 0 aliphatic rings. The maximum atomic E-state index is 3.26. The van der Waals surface area contributed by atoms with Gasteiger partial charge < -0.3 is 0 Å². The lowest BCUT2D eigenvalue weighted by Gasteiger charge is -1.95. The van der Waals surface area contributed by atoms with E-state index in [2.05, 4.69) is 50.0 Å². The van der Waals surface area contributed by atoms with Crippen LogP contribution in [0.5, 0.6) is 0 Å². The molecule has 0 saturated heterocycles. The van der Waals surface area contributed by atoms with E-state index in [1.165, 1.54) is 37.7 Å². The first-order chi connectivity index (χ1) is 7.83. The summed E-state index contributed by atoms with van der Waals surface area (Å²) in [6, 6.07) is 8.40. The number of benzene rings is 1. The molecule has 0 spiro atoms. The van der Waals surface area contributed by atoms with E-state index in [0.29, 0.717) is 0 Å². The minimum atomic E-state index is 1.04. The molecule has 1 rings (SSSR count). The monoisotopic (exact) mass is 214 g/mol. The average Bonchev–Trinajstić information content (AvgIpc) is 2.28. The highest BCUT2D eigenvalue weighted by Crippen LogP contribution is 2.05. The zero-order chi connectivity index (χ0) is 11.6. The third-order valence-electron chi connectivity index (χ3n) is 2.66. The molecule has 0 aromatic heterocycles. The van der Waals surface area contributed by atoms with Gasteiger partial charge in [0.1, 0.15) is 0 Å². The quantitative estimate of drug-likeness (QED) is 0.492. The van der Waals surface area contributed by atoms with E-state index in [-0.39, 0.29) is 0 Å². The van der Waals surface area contributed by atoms with Crippen molar-refractivity contribution in [3.05, 3.63) is 35.4 Å². The minimum absolute atomic E-state index is 1.04. The van der Waals surface area contributed by atoms with E-state index in [4.69, 9.17) is 0 Å². The van der Waals surface area contributed by atoms with Crippen molar-refractivity contribution in [2.45, 2.75) is 52.4 Å². The number of aryl methyl sites for hydroxylation is 1. The van der Waals surface area contributed by atoms with Crippen LogP contribution in [0.15, 0.2) is 24.3 Å². The number of rotatable bonds is 5. The maximum Gasteiger partial charge on any atom is 0.0247 e. The molecule has 0 heteroatoms. The summed E-state index contributed by atoms with van der Waals surface area (Å²) in [5, 5.41) is 0. The number of unbranched alkanes of at least 4 members (excludes halogenated alkanes) is 5. The van der Waals surface area contributed by atoms with Crippen LogP contribution in [0.2, 0.25) is 0 Å². The van der Waals surface area contributed by atoms with Crippen LogP contribution in [0.4, 0.5) is 0 Å². The predicted octanol–water partition coefficient (Wildman–Crippen LogP) is 4.71. The molecule has 1 aromatic rings. The van der Waals surface area contributed by atoms with Gasteiger partial charge in [-0.25, -0.2) is 0 Å². The van der Waals surface area contributed by atoms with Crippen LogP contribution < -0.4 is 0 Å². The summed E-state index contributed by atoms with van der Waals surface area (Å²) in [5.41, 5.74) is 2.43. The summed E-state index contributed by atoms with van der Waals surface area (Å²) < 4.78 is 0. The van der Waals surface area contributed by atoms with Crippen LogP contribution >= 0.6 is 0 Å². The third-order valence-corrected chi connectivity index (χ3v) is 2.66. The van der Waals surface area contributed by atoms with Crippen molar-refractivity contribution in [1.29, 1.82) is 0 Å². The fraction of sp³-hybridized carbons (Fsp3) is 0.500. The van der Waals surface area contributed by atoms with Crippen molar-refractivity contribution in [3.8, 4) is 11.8 Å². The lowest BCUT2D eigenvalue weighted by Crippen LogP contribution is -1.78. The van der Waals surface area contributed by atoms with E-state index in [1.807, 2.05) is 0 Å². The predicted molar refractivity (Wildman–Crippen MR) is 71.4 cm³/mol. The van der Waals surface area contributed by atoms with Crippen molar-refractivity contribution < 1.29 is 0 Å². The van der Waals surface area contributed by atoms with E-state index in [0.717, 1.165) is 12.0 Å². The second-order valence-electron chi connectivity index (χ2n) is 4.34. The van der Waals surface area contributed by atoms with Crippen LogP contribution in [-0.4, -0.2) is 0 Å². The zero-order valence-electron chi connectivity index (χ0n) is 10.6. The fourth-order valence-electron chi connectivity index (χ4n) is 1.70. The SMILES string of the molecule is CCCCCCCC#Cc1cccc(C)c1. The van der Waals surface area contributed by atoms with Gasteiger partial charge in [-0.05, 0) is 31.0 Å². The van der Waals surface area contributed by atoms with Crippen molar-refractivity contribution in [1.82, 2.24) is 0 Å². The Morgan fingerprint density at radius 1 is 1.06 bits per heavy atom. The van der Waals surface area contributed by atoms with E-state index in [9.17, 15) is 0 Å². The van der Waals surface area contributed by atoms with E-state index in [1.54, 1.807) is 0 Å². The van der Waals surface area contributed by atoms with Crippen LogP contribution in [0, 0.1) is 18.8 Å². The Hall–Kier alpha value is -1.22. The lowest BCUT2D eigenvalue weighted by atomic mass is 10.1. The van der Waals surface area contributed by atoms with Crippen LogP contribution in [-0.2, 0) is 0 Å². The molecule has 0 heterocycles. The van der Waals surface area contributed by atoms with Gasteiger partial charge >= 0.3 is 0 Å². The summed E-state index contributed by atoms with van der Waals surface area (Å²) in [5.74, 6) is 6.48. The zero-order valence-corrected chi connectivity index (χ0v) is 10.6. The summed E-state index contributed by atoms with van der Waals surface area (Å²) in [6.45, 7) is 4.35. The number of hydrogen-bond donors (Lipinski definition) is 0. The standard InChI is InChI=1S/C16H22/c1-3-4-5-6-7-8-9-12-16-13-10-11-15(2)14-16/h10-11,13-14H,3-8H2,1-2H3. The molecule has 0 atom stereocenters. The smallest absolute Gasteiger partial charge is 0.0247 e. The van der Waals surface area contributed by atoms with Crippen LogP contribution in [0.25, 0.3) is 0 Å². The maximum absolute atomic E-state index is 3.26.